The summed E-state index contributed by atoms with van der Waals surface area (Å²) < 4.78 is 27.6. The Morgan fingerprint density at radius 2 is 1.72 bits per heavy atom. The minimum Gasteiger partial charge on any atom is -0.362 e. The molecule has 1 aromatic rings. The van der Waals surface area contributed by atoms with Crippen molar-refractivity contribution < 1.29 is 13.6 Å². The van der Waals surface area contributed by atoms with E-state index in [1.165, 1.54) is 12.1 Å². The molecule has 2 bridgehead atoms. The molecule has 0 radical (unpaired) electrons. The molecule has 3 rings (SSSR count). The van der Waals surface area contributed by atoms with E-state index in [4.69, 9.17) is 0 Å². The molecular weight excluding hydrogens is 236 g/mol. The zero-order valence-corrected chi connectivity index (χ0v) is 10.2. The SMILES string of the molecule is Cc1cc(F)c(N2C3CCC2CC(=O)C3)cc1F. The third-order valence-corrected chi connectivity index (χ3v) is 4.05. The van der Waals surface area contributed by atoms with Crippen LogP contribution >= 0.6 is 0 Å². The molecule has 0 spiro atoms. The molecule has 18 heavy (non-hydrogen) atoms. The van der Waals surface area contributed by atoms with Crippen LogP contribution < -0.4 is 4.90 Å². The van der Waals surface area contributed by atoms with Gasteiger partial charge >= 0.3 is 0 Å². The van der Waals surface area contributed by atoms with Crippen molar-refractivity contribution in [2.45, 2.75) is 44.7 Å². The van der Waals surface area contributed by atoms with Gasteiger partial charge in [0, 0.05) is 31.0 Å². The van der Waals surface area contributed by atoms with E-state index in [2.05, 4.69) is 0 Å². The molecule has 0 amide bonds. The number of hydrogen-bond donors (Lipinski definition) is 0. The van der Waals surface area contributed by atoms with Gasteiger partial charge in [0.15, 0.2) is 0 Å². The lowest BCUT2D eigenvalue weighted by Crippen LogP contribution is -2.43. The Balaban J connectivity index is 2.01. The van der Waals surface area contributed by atoms with Crippen LogP contribution in [0.25, 0.3) is 0 Å². The van der Waals surface area contributed by atoms with Crippen molar-refractivity contribution in [1.29, 1.82) is 0 Å². The molecule has 2 atom stereocenters. The van der Waals surface area contributed by atoms with Crippen LogP contribution in [0, 0.1) is 18.6 Å². The first kappa shape index (κ1) is 11.6. The fraction of sp³-hybridized carbons (Fsp3) is 0.500. The Kier molecular flexibility index (Phi) is 2.61. The number of piperidine rings is 1. The highest BCUT2D eigenvalue weighted by atomic mass is 19.1. The van der Waals surface area contributed by atoms with Crippen LogP contribution in [-0.4, -0.2) is 17.9 Å². The average Bonchev–Trinajstić information content (AvgIpc) is 2.56. The molecule has 0 saturated carbocycles. The summed E-state index contributed by atoms with van der Waals surface area (Å²) in [5.74, 6) is -0.533. The summed E-state index contributed by atoms with van der Waals surface area (Å²) in [6.45, 7) is 1.55. The Morgan fingerprint density at radius 1 is 1.11 bits per heavy atom. The molecule has 0 N–H and O–H groups in total. The molecule has 2 aliphatic rings. The first-order chi connectivity index (χ1) is 8.56. The lowest BCUT2D eigenvalue weighted by molar-refractivity contribution is -0.120. The summed E-state index contributed by atoms with van der Waals surface area (Å²) in [5.41, 5.74) is 0.634. The zero-order chi connectivity index (χ0) is 12.9. The molecule has 2 aliphatic heterocycles. The number of carbonyl (C=O) groups excluding carboxylic acids is 1. The average molecular weight is 251 g/mol. The Hall–Kier alpha value is -1.45. The van der Waals surface area contributed by atoms with Crippen LogP contribution in [-0.2, 0) is 4.79 Å². The van der Waals surface area contributed by atoms with Gasteiger partial charge < -0.3 is 4.90 Å². The van der Waals surface area contributed by atoms with E-state index in [-0.39, 0.29) is 29.5 Å². The highest BCUT2D eigenvalue weighted by Crippen LogP contribution is 2.39. The number of fused-ring (bicyclic) bond motifs is 2. The Labute approximate surface area is 105 Å². The molecule has 0 aliphatic carbocycles. The summed E-state index contributed by atoms with van der Waals surface area (Å²) in [6.07, 6.45) is 2.72. The Morgan fingerprint density at radius 3 is 2.33 bits per heavy atom. The van der Waals surface area contributed by atoms with Crippen molar-refractivity contribution in [1.82, 2.24) is 0 Å². The number of nitrogens with zero attached hydrogens (tertiary/aromatic N) is 1. The maximum absolute atomic E-state index is 14.0. The lowest BCUT2D eigenvalue weighted by Gasteiger charge is -2.36. The van der Waals surface area contributed by atoms with Gasteiger partial charge in [-0.05, 0) is 31.4 Å². The monoisotopic (exact) mass is 251 g/mol. The minimum absolute atomic E-state index is 0.0489. The second-order valence-electron chi connectivity index (χ2n) is 5.29. The molecule has 2 unspecified atom stereocenters. The second kappa shape index (κ2) is 4.04. The molecule has 2 fully saturated rings. The maximum atomic E-state index is 14.0. The third-order valence-electron chi connectivity index (χ3n) is 4.05. The van der Waals surface area contributed by atoms with Crippen LogP contribution in [0.2, 0.25) is 0 Å². The van der Waals surface area contributed by atoms with Gasteiger partial charge in [0.1, 0.15) is 17.4 Å². The minimum atomic E-state index is -0.389. The number of aryl methyl sites for hydroxylation is 1. The largest absolute Gasteiger partial charge is 0.362 e. The van der Waals surface area contributed by atoms with Gasteiger partial charge in [0.05, 0.1) is 5.69 Å². The molecule has 4 heteroatoms. The molecule has 96 valence electrons. The number of benzene rings is 1. The van der Waals surface area contributed by atoms with Gasteiger partial charge in [-0.3, -0.25) is 4.79 Å². The standard InChI is InChI=1S/C14H15F2NO/c1-8-4-13(16)14(7-12(8)15)17-9-2-3-10(17)6-11(18)5-9/h4,7,9-10H,2-3,5-6H2,1H3. The summed E-state index contributed by atoms with van der Waals surface area (Å²) in [6, 6.07) is 2.60. The van der Waals surface area contributed by atoms with E-state index in [0.717, 1.165) is 12.8 Å². The summed E-state index contributed by atoms with van der Waals surface area (Å²) in [7, 11) is 0. The van der Waals surface area contributed by atoms with E-state index in [9.17, 15) is 13.6 Å². The van der Waals surface area contributed by atoms with Crippen molar-refractivity contribution in [3.05, 3.63) is 29.3 Å². The van der Waals surface area contributed by atoms with Crippen molar-refractivity contribution in [3.63, 3.8) is 0 Å². The van der Waals surface area contributed by atoms with E-state index < -0.39 is 0 Å². The van der Waals surface area contributed by atoms with Crippen LogP contribution in [0.4, 0.5) is 14.5 Å². The van der Waals surface area contributed by atoms with Gasteiger partial charge in [-0.15, -0.1) is 0 Å². The van der Waals surface area contributed by atoms with Gasteiger partial charge in [-0.1, -0.05) is 0 Å². The van der Waals surface area contributed by atoms with E-state index in [0.29, 0.717) is 24.1 Å². The lowest BCUT2D eigenvalue weighted by atomic mass is 10.00. The molecule has 2 saturated heterocycles. The number of anilines is 1. The van der Waals surface area contributed by atoms with Crippen LogP contribution in [0.5, 0.6) is 0 Å². The van der Waals surface area contributed by atoms with E-state index in [1.807, 2.05) is 4.90 Å². The van der Waals surface area contributed by atoms with E-state index >= 15 is 0 Å². The smallest absolute Gasteiger partial charge is 0.146 e. The van der Waals surface area contributed by atoms with Gasteiger partial charge in [0.2, 0.25) is 0 Å². The molecule has 2 nitrogen and oxygen atoms in total. The van der Waals surface area contributed by atoms with Crippen molar-refractivity contribution in [2.24, 2.45) is 0 Å². The zero-order valence-electron chi connectivity index (χ0n) is 10.2. The predicted octanol–water partition coefficient (Wildman–Crippen LogP) is 2.97. The predicted molar refractivity (Wildman–Crippen MR) is 64.6 cm³/mol. The number of hydrogen-bond acceptors (Lipinski definition) is 2. The van der Waals surface area contributed by atoms with Crippen molar-refractivity contribution in [2.75, 3.05) is 4.90 Å². The van der Waals surface area contributed by atoms with Crippen molar-refractivity contribution in [3.8, 4) is 0 Å². The number of halogens is 2. The summed E-state index contributed by atoms with van der Waals surface area (Å²) in [5, 5.41) is 0. The topological polar surface area (TPSA) is 20.3 Å². The highest BCUT2D eigenvalue weighted by Gasteiger charge is 2.41. The Bertz CT molecular complexity index is 499. The fourth-order valence-corrected chi connectivity index (χ4v) is 3.20. The number of carbonyl (C=O) groups is 1. The third kappa shape index (κ3) is 1.71. The first-order valence-electron chi connectivity index (χ1n) is 6.32. The molecule has 2 heterocycles. The van der Waals surface area contributed by atoms with Crippen LogP contribution in [0.15, 0.2) is 12.1 Å². The number of rotatable bonds is 1. The maximum Gasteiger partial charge on any atom is 0.146 e. The first-order valence-corrected chi connectivity index (χ1v) is 6.32. The summed E-state index contributed by atoms with van der Waals surface area (Å²) in [4.78, 5) is 13.4. The van der Waals surface area contributed by atoms with Gasteiger partial charge in [-0.25, -0.2) is 8.78 Å². The van der Waals surface area contributed by atoms with Gasteiger partial charge in [0.25, 0.3) is 0 Å². The molecular formula is C14H15F2NO. The molecule has 0 aromatic heterocycles. The fourth-order valence-electron chi connectivity index (χ4n) is 3.20. The highest BCUT2D eigenvalue weighted by molar-refractivity contribution is 5.83. The normalized spacial score (nSPS) is 26.8. The van der Waals surface area contributed by atoms with Gasteiger partial charge in [-0.2, -0.15) is 0 Å². The van der Waals surface area contributed by atoms with Crippen molar-refractivity contribution >= 4 is 11.5 Å². The summed E-state index contributed by atoms with van der Waals surface area (Å²) >= 11 is 0. The van der Waals surface area contributed by atoms with Crippen LogP contribution in [0.3, 0.4) is 0 Å². The second-order valence-corrected chi connectivity index (χ2v) is 5.29. The molecule has 1 aromatic carbocycles. The number of Topliss-reactive ketones (excluding diaryl/α,β-unsaturated/α-hetero) is 1. The number of ketones is 1. The van der Waals surface area contributed by atoms with E-state index in [1.54, 1.807) is 6.92 Å². The van der Waals surface area contributed by atoms with Crippen LogP contribution in [0.1, 0.15) is 31.2 Å². The quantitative estimate of drug-likeness (QED) is 0.764.